The SMILES string of the molecule is CCOC(=O)CC(S)(S)C(=O)OCC. The Balaban J connectivity index is 4.18. The zero-order valence-corrected chi connectivity index (χ0v) is 9.94. The molecular weight excluding hydrogens is 224 g/mol. The zero-order valence-electron chi connectivity index (χ0n) is 8.15. The first-order valence-corrected chi connectivity index (χ1v) is 5.11. The number of esters is 2. The highest BCUT2D eigenvalue weighted by atomic mass is 32.2. The van der Waals surface area contributed by atoms with E-state index in [0.717, 1.165) is 0 Å². The normalized spacial score (nSPS) is 10.9. The zero-order chi connectivity index (χ0) is 11.2. The van der Waals surface area contributed by atoms with Crippen LogP contribution in [0.5, 0.6) is 0 Å². The number of rotatable bonds is 5. The molecule has 0 rings (SSSR count). The van der Waals surface area contributed by atoms with Crippen LogP contribution in [0.25, 0.3) is 0 Å². The largest absolute Gasteiger partial charge is 0.466 e. The molecule has 6 heteroatoms. The van der Waals surface area contributed by atoms with Crippen molar-refractivity contribution in [2.75, 3.05) is 13.2 Å². The highest BCUT2D eigenvalue weighted by molar-refractivity contribution is 8.02. The second-order valence-electron chi connectivity index (χ2n) is 2.52. The Morgan fingerprint density at radius 3 is 2.07 bits per heavy atom. The van der Waals surface area contributed by atoms with Gasteiger partial charge in [0.05, 0.1) is 19.6 Å². The van der Waals surface area contributed by atoms with Crippen LogP contribution in [0.3, 0.4) is 0 Å². The van der Waals surface area contributed by atoms with E-state index in [0.29, 0.717) is 0 Å². The fourth-order valence-electron chi connectivity index (χ4n) is 0.732. The summed E-state index contributed by atoms with van der Waals surface area (Å²) in [6.45, 7) is 3.84. The number of carbonyl (C=O) groups excluding carboxylic acids is 2. The van der Waals surface area contributed by atoms with Gasteiger partial charge < -0.3 is 9.47 Å². The van der Waals surface area contributed by atoms with Gasteiger partial charge in [-0.3, -0.25) is 4.79 Å². The highest BCUT2D eigenvalue weighted by Gasteiger charge is 2.35. The van der Waals surface area contributed by atoms with Crippen molar-refractivity contribution in [1.82, 2.24) is 0 Å². The molecule has 0 amide bonds. The van der Waals surface area contributed by atoms with Crippen LogP contribution < -0.4 is 0 Å². The molecule has 0 aliphatic carbocycles. The average molecular weight is 238 g/mol. The number of hydrogen-bond donors (Lipinski definition) is 2. The van der Waals surface area contributed by atoms with E-state index < -0.39 is 16.0 Å². The van der Waals surface area contributed by atoms with Gasteiger partial charge in [0.1, 0.15) is 0 Å². The summed E-state index contributed by atoms with van der Waals surface area (Å²) in [5.74, 6) is -1.16. The van der Waals surface area contributed by atoms with Crippen LogP contribution in [0.4, 0.5) is 0 Å². The lowest BCUT2D eigenvalue weighted by Gasteiger charge is -2.18. The first kappa shape index (κ1) is 13.6. The fraction of sp³-hybridized carbons (Fsp3) is 0.750. The quantitative estimate of drug-likeness (QED) is 0.427. The maximum Gasteiger partial charge on any atom is 0.332 e. The lowest BCUT2D eigenvalue weighted by atomic mass is 10.3. The molecule has 0 unspecified atom stereocenters. The van der Waals surface area contributed by atoms with Gasteiger partial charge in [-0.2, -0.15) is 0 Å². The minimum Gasteiger partial charge on any atom is -0.466 e. The molecule has 0 heterocycles. The summed E-state index contributed by atoms with van der Waals surface area (Å²) >= 11 is 7.87. The van der Waals surface area contributed by atoms with E-state index in [1.165, 1.54) is 0 Å². The van der Waals surface area contributed by atoms with E-state index in [4.69, 9.17) is 0 Å². The summed E-state index contributed by atoms with van der Waals surface area (Å²) in [5.41, 5.74) is 0. The number of carbonyl (C=O) groups is 2. The molecule has 0 saturated carbocycles. The monoisotopic (exact) mass is 238 g/mol. The van der Waals surface area contributed by atoms with Gasteiger partial charge in [-0.25, -0.2) is 4.79 Å². The van der Waals surface area contributed by atoms with Gasteiger partial charge >= 0.3 is 11.9 Å². The van der Waals surface area contributed by atoms with Crippen molar-refractivity contribution < 1.29 is 19.1 Å². The third-order valence-corrected chi connectivity index (χ3v) is 1.98. The van der Waals surface area contributed by atoms with Crippen molar-refractivity contribution in [3.05, 3.63) is 0 Å². The Hall–Kier alpha value is -0.360. The summed E-state index contributed by atoms with van der Waals surface area (Å²) < 4.78 is 7.93. The maximum atomic E-state index is 11.2. The number of ether oxygens (including phenoxy) is 2. The Bertz CT molecular complexity index is 215. The van der Waals surface area contributed by atoms with E-state index in [2.05, 4.69) is 34.7 Å². The van der Waals surface area contributed by atoms with Crippen LogP contribution in [-0.2, 0) is 19.1 Å². The predicted molar refractivity (Wildman–Crippen MR) is 58.6 cm³/mol. The van der Waals surface area contributed by atoms with E-state index in [9.17, 15) is 9.59 Å². The molecule has 0 aromatic heterocycles. The van der Waals surface area contributed by atoms with Crippen molar-refractivity contribution in [2.45, 2.75) is 24.3 Å². The third kappa shape index (κ3) is 4.76. The lowest BCUT2D eigenvalue weighted by Crippen LogP contribution is -2.32. The number of hydrogen-bond acceptors (Lipinski definition) is 6. The minimum absolute atomic E-state index is 0.216. The molecule has 4 nitrogen and oxygen atoms in total. The van der Waals surface area contributed by atoms with Gasteiger partial charge in [0.25, 0.3) is 0 Å². The highest BCUT2D eigenvalue weighted by Crippen LogP contribution is 2.26. The summed E-state index contributed by atoms with van der Waals surface area (Å²) in [7, 11) is 0. The van der Waals surface area contributed by atoms with Crippen LogP contribution in [0.15, 0.2) is 0 Å². The summed E-state index contributed by atoms with van der Waals surface area (Å²) in [4.78, 5) is 22.3. The Labute approximate surface area is 94.2 Å². The van der Waals surface area contributed by atoms with Crippen molar-refractivity contribution in [1.29, 1.82) is 0 Å². The van der Waals surface area contributed by atoms with Gasteiger partial charge in [-0.1, -0.05) is 0 Å². The van der Waals surface area contributed by atoms with Gasteiger partial charge in [0.2, 0.25) is 0 Å². The van der Waals surface area contributed by atoms with Crippen molar-refractivity contribution in [2.24, 2.45) is 0 Å². The fourth-order valence-corrected chi connectivity index (χ4v) is 1.12. The maximum absolute atomic E-state index is 11.2. The van der Waals surface area contributed by atoms with Crippen LogP contribution in [0, 0.1) is 0 Å². The topological polar surface area (TPSA) is 52.6 Å². The lowest BCUT2D eigenvalue weighted by molar-refractivity contribution is -0.150. The van der Waals surface area contributed by atoms with Gasteiger partial charge in [-0.15, -0.1) is 25.3 Å². The Morgan fingerprint density at radius 2 is 1.64 bits per heavy atom. The minimum atomic E-state index is -1.41. The third-order valence-electron chi connectivity index (χ3n) is 1.30. The molecular formula is C8H14O4S2. The van der Waals surface area contributed by atoms with Crippen molar-refractivity contribution >= 4 is 37.2 Å². The molecule has 0 saturated heterocycles. The summed E-state index contributed by atoms with van der Waals surface area (Å²) in [5, 5.41) is 0. The van der Waals surface area contributed by atoms with Crippen molar-refractivity contribution in [3.8, 4) is 0 Å². The Kier molecular flexibility index (Phi) is 6.03. The Morgan fingerprint density at radius 1 is 1.14 bits per heavy atom. The van der Waals surface area contributed by atoms with Crippen LogP contribution >= 0.6 is 25.3 Å². The van der Waals surface area contributed by atoms with Crippen LogP contribution in [0.1, 0.15) is 20.3 Å². The molecule has 0 bridgehead atoms. The van der Waals surface area contributed by atoms with E-state index in [1.807, 2.05) is 0 Å². The van der Waals surface area contributed by atoms with Crippen LogP contribution in [0.2, 0.25) is 0 Å². The molecule has 0 aromatic rings. The first-order valence-electron chi connectivity index (χ1n) is 4.21. The molecule has 0 fully saturated rings. The number of thiol groups is 2. The molecule has 0 radical (unpaired) electrons. The van der Waals surface area contributed by atoms with Crippen LogP contribution in [-0.4, -0.2) is 29.2 Å². The molecule has 0 spiro atoms. The standard InChI is InChI=1S/C8H14O4S2/c1-3-11-6(9)5-8(13,14)7(10)12-4-2/h13-14H,3-5H2,1-2H3. The predicted octanol–water partition coefficient (Wildman–Crippen LogP) is 1.06. The molecule has 0 aromatic carbocycles. The molecule has 0 aliphatic rings. The molecule has 82 valence electrons. The molecule has 14 heavy (non-hydrogen) atoms. The van der Waals surface area contributed by atoms with Gasteiger partial charge in [-0.05, 0) is 13.8 Å². The molecule has 0 atom stereocenters. The van der Waals surface area contributed by atoms with Crippen molar-refractivity contribution in [3.63, 3.8) is 0 Å². The van der Waals surface area contributed by atoms with E-state index in [-0.39, 0.29) is 19.6 Å². The summed E-state index contributed by atoms with van der Waals surface area (Å²) in [6.07, 6.45) is -0.216. The molecule has 0 aliphatic heterocycles. The second kappa shape index (κ2) is 6.19. The van der Waals surface area contributed by atoms with E-state index in [1.54, 1.807) is 13.8 Å². The molecule has 0 N–H and O–H groups in total. The second-order valence-corrected chi connectivity index (χ2v) is 4.40. The van der Waals surface area contributed by atoms with Gasteiger partial charge in [0.15, 0.2) is 4.08 Å². The smallest absolute Gasteiger partial charge is 0.332 e. The average Bonchev–Trinajstić information content (AvgIpc) is 2.03. The summed E-state index contributed by atoms with van der Waals surface area (Å²) in [6, 6.07) is 0. The van der Waals surface area contributed by atoms with E-state index >= 15 is 0 Å². The first-order chi connectivity index (χ1) is 6.44. The van der Waals surface area contributed by atoms with Gasteiger partial charge in [0, 0.05) is 0 Å².